The molecule has 0 radical (unpaired) electrons. The van der Waals surface area contributed by atoms with Gasteiger partial charge in [0.2, 0.25) is 0 Å². The molecule has 1 atom stereocenters. The van der Waals surface area contributed by atoms with Crippen LogP contribution in [0.5, 0.6) is 0 Å². The van der Waals surface area contributed by atoms with Crippen molar-refractivity contribution in [2.45, 2.75) is 45.3 Å². The Labute approximate surface area is 159 Å². The molecule has 3 rings (SSSR count). The first-order valence-electron chi connectivity index (χ1n) is 8.92. The molecule has 2 aromatic rings. The van der Waals surface area contributed by atoms with Crippen molar-refractivity contribution in [2.24, 2.45) is 0 Å². The maximum Gasteiger partial charge on any atom is 0.410 e. The summed E-state index contributed by atoms with van der Waals surface area (Å²) < 4.78 is 5.61. The van der Waals surface area contributed by atoms with Crippen LogP contribution in [0.15, 0.2) is 24.4 Å². The molecule has 1 aliphatic heterocycles. The van der Waals surface area contributed by atoms with Crippen LogP contribution in [-0.2, 0) is 4.74 Å². The predicted molar refractivity (Wildman–Crippen MR) is 106 cm³/mol. The summed E-state index contributed by atoms with van der Waals surface area (Å²) in [7, 11) is 4.01. The number of ether oxygens (including phenoxy) is 1. The molecule has 0 N–H and O–H groups in total. The number of nitrogens with zero attached hydrogens (tertiary/aromatic N) is 3. The van der Waals surface area contributed by atoms with E-state index in [1.54, 1.807) is 0 Å². The molecule has 1 aliphatic rings. The lowest BCUT2D eigenvalue weighted by molar-refractivity contribution is 0.0225. The van der Waals surface area contributed by atoms with Gasteiger partial charge < -0.3 is 14.5 Å². The van der Waals surface area contributed by atoms with Crippen molar-refractivity contribution < 1.29 is 9.53 Å². The van der Waals surface area contributed by atoms with Gasteiger partial charge in [0.05, 0.1) is 6.04 Å². The van der Waals surface area contributed by atoms with E-state index in [0.717, 1.165) is 34.9 Å². The van der Waals surface area contributed by atoms with Crippen molar-refractivity contribution in [1.82, 2.24) is 9.88 Å². The Kier molecular flexibility index (Phi) is 5.02. The number of fused-ring (bicyclic) bond motifs is 1. The van der Waals surface area contributed by atoms with Gasteiger partial charge in [0.15, 0.2) is 0 Å². The average Bonchev–Trinajstić information content (AvgIpc) is 3.01. The predicted octanol–water partition coefficient (Wildman–Crippen LogP) is 5.03. The van der Waals surface area contributed by atoms with Crippen LogP contribution in [0.4, 0.5) is 10.5 Å². The van der Waals surface area contributed by atoms with Crippen molar-refractivity contribution in [2.75, 3.05) is 25.5 Å². The maximum atomic E-state index is 12.7. The summed E-state index contributed by atoms with van der Waals surface area (Å²) >= 11 is 6.19. The summed E-state index contributed by atoms with van der Waals surface area (Å²) in [5, 5.41) is 2.53. The highest BCUT2D eigenvalue weighted by Crippen LogP contribution is 2.39. The fourth-order valence-electron chi connectivity index (χ4n) is 3.53. The highest BCUT2D eigenvalue weighted by molar-refractivity contribution is 6.30. The zero-order valence-corrected chi connectivity index (χ0v) is 16.8. The Bertz CT molecular complexity index is 830. The van der Waals surface area contributed by atoms with Gasteiger partial charge in [-0.25, -0.2) is 9.78 Å². The number of halogens is 1. The fourth-order valence-corrected chi connectivity index (χ4v) is 3.69. The standard InChI is InChI=1S/C20H26ClN3O2/c1-20(2,3)26-19(25)24-10-6-7-17(24)13-8-9-16(23(4)5)15-12-22-18(21)11-14(13)15/h8-9,11-12,17H,6-7,10H2,1-5H3. The largest absolute Gasteiger partial charge is 0.444 e. The van der Waals surface area contributed by atoms with E-state index in [0.29, 0.717) is 11.7 Å². The molecular formula is C20H26ClN3O2. The molecule has 0 saturated carbocycles. The second-order valence-electron chi connectivity index (χ2n) is 7.95. The molecule has 0 aliphatic carbocycles. The molecule has 1 saturated heterocycles. The van der Waals surface area contributed by atoms with E-state index in [2.05, 4.69) is 22.0 Å². The van der Waals surface area contributed by atoms with E-state index in [1.807, 2.05) is 52.0 Å². The molecule has 1 aromatic carbocycles. The highest BCUT2D eigenvalue weighted by atomic mass is 35.5. The smallest absolute Gasteiger partial charge is 0.410 e. The van der Waals surface area contributed by atoms with E-state index < -0.39 is 5.60 Å². The Morgan fingerprint density at radius 1 is 1.31 bits per heavy atom. The molecular weight excluding hydrogens is 350 g/mol. The monoisotopic (exact) mass is 375 g/mol. The lowest BCUT2D eigenvalue weighted by atomic mass is 9.97. The van der Waals surface area contributed by atoms with Gasteiger partial charge in [0.1, 0.15) is 10.8 Å². The number of hydrogen-bond acceptors (Lipinski definition) is 4. The highest BCUT2D eigenvalue weighted by Gasteiger charge is 2.34. The topological polar surface area (TPSA) is 45.7 Å². The van der Waals surface area contributed by atoms with Gasteiger partial charge in [-0.2, -0.15) is 0 Å². The summed E-state index contributed by atoms with van der Waals surface area (Å²) in [6.45, 7) is 6.38. The molecule has 1 amide bonds. The minimum Gasteiger partial charge on any atom is -0.444 e. The van der Waals surface area contributed by atoms with Gasteiger partial charge in [-0.15, -0.1) is 0 Å². The van der Waals surface area contributed by atoms with Crippen LogP contribution in [0.2, 0.25) is 5.15 Å². The summed E-state index contributed by atoms with van der Waals surface area (Å²) in [5.41, 5.74) is 1.67. The van der Waals surface area contributed by atoms with E-state index in [9.17, 15) is 4.79 Å². The Morgan fingerprint density at radius 3 is 2.69 bits per heavy atom. The average molecular weight is 376 g/mol. The molecule has 1 aromatic heterocycles. The molecule has 1 unspecified atom stereocenters. The van der Waals surface area contributed by atoms with E-state index in [-0.39, 0.29) is 12.1 Å². The summed E-state index contributed by atoms with van der Waals surface area (Å²) in [6.07, 6.45) is 3.42. The maximum absolute atomic E-state index is 12.7. The number of benzene rings is 1. The van der Waals surface area contributed by atoms with Crippen molar-refractivity contribution in [3.8, 4) is 0 Å². The summed E-state index contributed by atoms with van der Waals surface area (Å²) in [5.74, 6) is 0. The van der Waals surface area contributed by atoms with Crippen LogP contribution < -0.4 is 4.90 Å². The molecule has 6 heteroatoms. The fraction of sp³-hybridized carbons (Fsp3) is 0.500. The van der Waals surface area contributed by atoms with Crippen molar-refractivity contribution >= 4 is 34.2 Å². The van der Waals surface area contributed by atoms with Gasteiger partial charge in [-0.1, -0.05) is 17.7 Å². The number of rotatable bonds is 2. The second kappa shape index (κ2) is 6.95. The van der Waals surface area contributed by atoms with Gasteiger partial charge in [0.25, 0.3) is 0 Å². The normalized spacial score (nSPS) is 17.6. The first-order chi connectivity index (χ1) is 12.2. The number of hydrogen-bond donors (Lipinski definition) is 0. The quantitative estimate of drug-likeness (QED) is 0.691. The lowest BCUT2D eigenvalue weighted by Crippen LogP contribution is -2.36. The Balaban J connectivity index is 2.05. The van der Waals surface area contributed by atoms with Gasteiger partial charge in [0, 0.05) is 37.9 Å². The molecule has 5 nitrogen and oxygen atoms in total. The van der Waals surface area contributed by atoms with Crippen molar-refractivity contribution in [1.29, 1.82) is 0 Å². The zero-order chi connectivity index (χ0) is 19.1. The molecule has 0 bridgehead atoms. The number of anilines is 1. The molecule has 2 heterocycles. The molecule has 26 heavy (non-hydrogen) atoms. The van der Waals surface area contributed by atoms with Gasteiger partial charge >= 0.3 is 6.09 Å². The summed E-state index contributed by atoms with van der Waals surface area (Å²) in [4.78, 5) is 20.8. The van der Waals surface area contributed by atoms with Crippen LogP contribution in [-0.4, -0.2) is 42.2 Å². The van der Waals surface area contributed by atoms with Crippen LogP contribution in [0.1, 0.15) is 45.2 Å². The molecule has 140 valence electrons. The number of pyridine rings is 1. The van der Waals surface area contributed by atoms with Gasteiger partial charge in [-0.3, -0.25) is 0 Å². The third-order valence-corrected chi connectivity index (χ3v) is 4.81. The first-order valence-corrected chi connectivity index (χ1v) is 9.30. The number of carbonyl (C=O) groups excluding carboxylic acids is 1. The number of likely N-dealkylation sites (tertiary alicyclic amines) is 1. The van der Waals surface area contributed by atoms with Gasteiger partial charge in [-0.05, 0) is 56.7 Å². The van der Waals surface area contributed by atoms with Crippen LogP contribution in [0.25, 0.3) is 10.8 Å². The minimum absolute atomic E-state index is 0.0120. The zero-order valence-electron chi connectivity index (χ0n) is 16.0. The molecule has 1 fully saturated rings. The third kappa shape index (κ3) is 3.73. The van der Waals surface area contributed by atoms with Crippen LogP contribution >= 0.6 is 11.6 Å². The SMILES string of the molecule is CN(C)c1ccc(C2CCCN2C(=O)OC(C)(C)C)c2cc(Cl)ncc12. The molecule has 0 spiro atoms. The Hall–Kier alpha value is -2.01. The van der Waals surface area contributed by atoms with E-state index in [1.165, 1.54) is 0 Å². The minimum atomic E-state index is -0.506. The van der Waals surface area contributed by atoms with E-state index in [4.69, 9.17) is 16.3 Å². The number of carbonyl (C=O) groups is 1. The third-order valence-electron chi connectivity index (χ3n) is 4.60. The first kappa shape index (κ1) is 18.8. The van der Waals surface area contributed by atoms with E-state index >= 15 is 0 Å². The number of aromatic nitrogens is 1. The van der Waals surface area contributed by atoms with Crippen molar-refractivity contribution in [3.05, 3.63) is 35.1 Å². The van der Waals surface area contributed by atoms with Crippen LogP contribution in [0.3, 0.4) is 0 Å². The second-order valence-corrected chi connectivity index (χ2v) is 8.34. The lowest BCUT2D eigenvalue weighted by Gasteiger charge is -2.30. The van der Waals surface area contributed by atoms with Crippen LogP contribution in [0, 0.1) is 0 Å². The summed E-state index contributed by atoms with van der Waals surface area (Å²) in [6, 6.07) is 6.06. The van der Waals surface area contributed by atoms with Crippen molar-refractivity contribution in [3.63, 3.8) is 0 Å². The number of amides is 1. The Morgan fingerprint density at radius 2 is 2.04 bits per heavy atom.